The number of hydrogen-bond acceptors (Lipinski definition) is 2. The highest BCUT2D eigenvalue weighted by atomic mass is 79.9. The van der Waals surface area contributed by atoms with Gasteiger partial charge in [0.25, 0.3) is 5.91 Å². The Bertz CT molecular complexity index is 570. The minimum atomic E-state index is -0.192. The van der Waals surface area contributed by atoms with Gasteiger partial charge in [0.2, 0.25) is 0 Å². The van der Waals surface area contributed by atoms with Crippen molar-refractivity contribution in [3.05, 3.63) is 57.5 Å². The molecule has 0 fully saturated rings. The van der Waals surface area contributed by atoms with Gasteiger partial charge in [-0.25, -0.2) is 0 Å². The highest BCUT2D eigenvalue weighted by Crippen LogP contribution is 2.18. The maximum absolute atomic E-state index is 11.7. The zero-order valence-corrected chi connectivity index (χ0v) is 13.1. The van der Waals surface area contributed by atoms with Crippen LogP contribution in [0.15, 0.2) is 57.5 Å². The van der Waals surface area contributed by atoms with Gasteiger partial charge < -0.3 is 10.1 Å². The van der Waals surface area contributed by atoms with E-state index in [9.17, 15) is 4.79 Å². The van der Waals surface area contributed by atoms with Crippen molar-refractivity contribution in [2.45, 2.75) is 0 Å². The predicted molar refractivity (Wildman–Crippen MR) is 82.4 cm³/mol. The Kier molecular flexibility index (Phi) is 4.99. The van der Waals surface area contributed by atoms with Gasteiger partial charge in [0, 0.05) is 14.6 Å². The van der Waals surface area contributed by atoms with Crippen LogP contribution in [0.1, 0.15) is 0 Å². The standard InChI is InChI=1S/C14H11Br2NO2/c15-10-4-6-12(7-5-10)17-14(18)9-19-13-3-1-2-11(16)8-13/h1-8H,9H2,(H,17,18). The molecule has 0 saturated carbocycles. The fraction of sp³-hybridized carbons (Fsp3) is 0.0714. The topological polar surface area (TPSA) is 38.3 Å². The molecule has 3 nitrogen and oxygen atoms in total. The monoisotopic (exact) mass is 383 g/mol. The summed E-state index contributed by atoms with van der Waals surface area (Å²) in [6, 6.07) is 14.7. The molecule has 0 aliphatic rings. The summed E-state index contributed by atoms with van der Waals surface area (Å²) in [4.78, 5) is 11.7. The Balaban J connectivity index is 1.86. The summed E-state index contributed by atoms with van der Waals surface area (Å²) >= 11 is 6.68. The van der Waals surface area contributed by atoms with Crippen molar-refractivity contribution >= 4 is 43.5 Å². The number of nitrogens with one attached hydrogen (secondary N) is 1. The van der Waals surface area contributed by atoms with Crippen LogP contribution in [-0.4, -0.2) is 12.5 Å². The van der Waals surface area contributed by atoms with E-state index in [1.54, 1.807) is 6.07 Å². The van der Waals surface area contributed by atoms with Gasteiger partial charge in [-0.05, 0) is 42.5 Å². The zero-order valence-electron chi connectivity index (χ0n) is 9.90. The summed E-state index contributed by atoms with van der Waals surface area (Å²) in [5, 5.41) is 2.76. The second-order valence-electron chi connectivity index (χ2n) is 3.80. The SMILES string of the molecule is O=C(COc1cccc(Br)c1)Nc1ccc(Br)cc1. The zero-order chi connectivity index (χ0) is 13.7. The highest BCUT2D eigenvalue weighted by molar-refractivity contribution is 9.10. The van der Waals surface area contributed by atoms with Crippen LogP contribution in [0.5, 0.6) is 5.75 Å². The third-order valence-corrected chi connectivity index (χ3v) is 3.32. The van der Waals surface area contributed by atoms with Crippen molar-refractivity contribution in [2.75, 3.05) is 11.9 Å². The fourth-order valence-electron chi connectivity index (χ4n) is 1.44. The van der Waals surface area contributed by atoms with E-state index in [1.807, 2.05) is 42.5 Å². The normalized spacial score (nSPS) is 10.0. The molecule has 2 rings (SSSR count). The first kappa shape index (κ1) is 14.1. The van der Waals surface area contributed by atoms with Crippen LogP contribution in [-0.2, 0) is 4.79 Å². The van der Waals surface area contributed by atoms with E-state index in [-0.39, 0.29) is 12.5 Å². The molecular weight excluding hydrogens is 374 g/mol. The van der Waals surface area contributed by atoms with Crippen LogP contribution < -0.4 is 10.1 Å². The maximum atomic E-state index is 11.7. The molecule has 0 atom stereocenters. The summed E-state index contributed by atoms with van der Waals surface area (Å²) in [5.74, 6) is 0.461. The summed E-state index contributed by atoms with van der Waals surface area (Å²) in [5.41, 5.74) is 0.742. The minimum absolute atomic E-state index is 0.0213. The number of carbonyl (C=O) groups is 1. The van der Waals surface area contributed by atoms with Crippen molar-refractivity contribution < 1.29 is 9.53 Å². The second kappa shape index (κ2) is 6.73. The number of hydrogen-bond donors (Lipinski definition) is 1. The van der Waals surface area contributed by atoms with Crippen LogP contribution in [0.3, 0.4) is 0 Å². The lowest BCUT2D eigenvalue weighted by atomic mass is 10.3. The maximum Gasteiger partial charge on any atom is 0.262 e. The molecule has 0 aromatic heterocycles. The number of anilines is 1. The Morgan fingerprint density at radius 3 is 2.47 bits per heavy atom. The van der Waals surface area contributed by atoms with Crippen LogP contribution in [0, 0.1) is 0 Å². The van der Waals surface area contributed by atoms with E-state index in [0.29, 0.717) is 5.75 Å². The number of ether oxygens (including phenoxy) is 1. The number of benzene rings is 2. The van der Waals surface area contributed by atoms with Crippen molar-refractivity contribution in [3.63, 3.8) is 0 Å². The Hall–Kier alpha value is -1.33. The van der Waals surface area contributed by atoms with E-state index >= 15 is 0 Å². The Labute approximate surface area is 128 Å². The molecule has 5 heteroatoms. The van der Waals surface area contributed by atoms with Crippen LogP contribution in [0.25, 0.3) is 0 Å². The molecule has 0 heterocycles. The first-order valence-corrected chi connectivity index (χ1v) is 7.16. The van der Waals surface area contributed by atoms with E-state index in [0.717, 1.165) is 14.6 Å². The van der Waals surface area contributed by atoms with Gasteiger partial charge in [0.1, 0.15) is 5.75 Å². The molecule has 0 unspecified atom stereocenters. The van der Waals surface area contributed by atoms with Crippen LogP contribution >= 0.6 is 31.9 Å². The van der Waals surface area contributed by atoms with Gasteiger partial charge in [0.15, 0.2) is 6.61 Å². The molecule has 0 spiro atoms. The van der Waals surface area contributed by atoms with Gasteiger partial charge in [-0.2, -0.15) is 0 Å². The molecule has 19 heavy (non-hydrogen) atoms. The van der Waals surface area contributed by atoms with E-state index in [4.69, 9.17) is 4.74 Å². The summed E-state index contributed by atoms with van der Waals surface area (Å²) < 4.78 is 7.28. The van der Waals surface area contributed by atoms with Crippen molar-refractivity contribution in [1.29, 1.82) is 0 Å². The van der Waals surface area contributed by atoms with Crippen LogP contribution in [0.2, 0.25) is 0 Å². The lowest BCUT2D eigenvalue weighted by Crippen LogP contribution is -2.20. The Morgan fingerprint density at radius 2 is 1.79 bits per heavy atom. The molecule has 0 radical (unpaired) electrons. The third-order valence-electron chi connectivity index (χ3n) is 2.29. The fourth-order valence-corrected chi connectivity index (χ4v) is 2.08. The molecule has 0 aliphatic heterocycles. The van der Waals surface area contributed by atoms with Gasteiger partial charge in [-0.1, -0.05) is 37.9 Å². The second-order valence-corrected chi connectivity index (χ2v) is 5.63. The van der Waals surface area contributed by atoms with Gasteiger partial charge in [0.05, 0.1) is 0 Å². The molecule has 98 valence electrons. The van der Waals surface area contributed by atoms with E-state index < -0.39 is 0 Å². The smallest absolute Gasteiger partial charge is 0.262 e. The van der Waals surface area contributed by atoms with Gasteiger partial charge >= 0.3 is 0 Å². The van der Waals surface area contributed by atoms with Gasteiger partial charge in [-0.3, -0.25) is 4.79 Å². The average molecular weight is 385 g/mol. The largest absolute Gasteiger partial charge is 0.484 e. The molecule has 2 aromatic rings. The quantitative estimate of drug-likeness (QED) is 0.856. The molecule has 1 amide bonds. The average Bonchev–Trinajstić information content (AvgIpc) is 2.39. The number of halogens is 2. The molecule has 0 aliphatic carbocycles. The van der Waals surface area contributed by atoms with E-state index in [1.165, 1.54) is 0 Å². The van der Waals surface area contributed by atoms with Crippen molar-refractivity contribution in [2.24, 2.45) is 0 Å². The first-order chi connectivity index (χ1) is 9.13. The summed E-state index contributed by atoms with van der Waals surface area (Å²) in [6.45, 7) is -0.0213. The molecular formula is C14H11Br2NO2. The number of carbonyl (C=O) groups excluding carboxylic acids is 1. The number of rotatable bonds is 4. The lowest BCUT2D eigenvalue weighted by molar-refractivity contribution is -0.118. The van der Waals surface area contributed by atoms with Gasteiger partial charge in [-0.15, -0.1) is 0 Å². The predicted octanol–water partition coefficient (Wildman–Crippen LogP) is 4.23. The Morgan fingerprint density at radius 1 is 1.05 bits per heavy atom. The molecule has 2 aromatic carbocycles. The molecule has 0 saturated heterocycles. The molecule has 0 bridgehead atoms. The lowest BCUT2D eigenvalue weighted by Gasteiger charge is -2.07. The molecule has 1 N–H and O–H groups in total. The van der Waals surface area contributed by atoms with Crippen molar-refractivity contribution in [3.8, 4) is 5.75 Å². The summed E-state index contributed by atoms with van der Waals surface area (Å²) in [7, 11) is 0. The van der Waals surface area contributed by atoms with Crippen LogP contribution in [0.4, 0.5) is 5.69 Å². The summed E-state index contributed by atoms with van der Waals surface area (Å²) in [6.07, 6.45) is 0. The third kappa shape index (κ3) is 4.69. The first-order valence-electron chi connectivity index (χ1n) is 5.57. The number of amides is 1. The van der Waals surface area contributed by atoms with Crippen molar-refractivity contribution in [1.82, 2.24) is 0 Å². The van der Waals surface area contributed by atoms with E-state index in [2.05, 4.69) is 37.2 Å². The minimum Gasteiger partial charge on any atom is -0.484 e. The highest BCUT2D eigenvalue weighted by Gasteiger charge is 2.03.